The zero-order valence-corrected chi connectivity index (χ0v) is 12.4. The van der Waals surface area contributed by atoms with Gasteiger partial charge < -0.3 is 3.87 Å². The van der Waals surface area contributed by atoms with E-state index in [9.17, 15) is 4.21 Å². The minimum atomic E-state index is -1.95. The summed E-state index contributed by atoms with van der Waals surface area (Å²) >= 11 is -1.34. The van der Waals surface area contributed by atoms with E-state index in [0.717, 1.165) is 4.90 Å². The summed E-state index contributed by atoms with van der Waals surface area (Å²) in [7, 11) is -1.95. The Hall–Kier alpha value is -0.453. The third-order valence-electron chi connectivity index (χ3n) is 3.03. The van der Waals surface area contributed by atoms with Crippen LogP contribution in [0.2, 0.25) is 18.1 Å². The standard InChI is InChI=1S/C12H20O2SSi/c1-12(2,3)16(4,5)14-15(13)11-9-7-6-8-10-11/h6-10H,1-5H3. The average Bonchev–Trinajstić information content (AvgIpc) is 2.16. The van der Waals surface area contributed by atoms with Crippen molar-refractivity contribution in [2.24, 2.45) is 0 Å². The number of benzene rings is 1. The van der Waals surface area contributed by atoms with Crippen molar-refractivity contribution < 1.29 is 8.08 Å². The smallest absolute Gasteiger partial charge is 0.214 e. The first kappa shape index (κ1) is 13.6. The summed E-state index contributed by atoms with van der Waals surface area (Å²) in [4.78, 5) is 0.743. The van der Waals surface area contributed by atoms with Gasteiger partial charge in [0.05, 0.1) is 4.90 Å². The SMILES string of the molecule is CC(C)(C)[Si](C)(C)OS(=O)c1ccccc1. The first-order chi connectivity index (χ1) is 7.24. The minimum absolute atomic E-state index is 0.0808. The van der Waals surface area contributed by atoms with Gasteiger partial charge in [-0.2, -0.15) is 0 Å². The van der Waals surface area contributed by atoms with Crippen LogP contribution in [-0.2, 0) is 15.0 Å². The van der Waals surface area contributed by atoms with E-state index in [2.05, 4.69) is 33.9 Å². The fraction of sp³-hybridized carbons (Fsp3) is 0.500. The fourth-order valence-corrected chi connectivity index (χ4v) is 4.17. The van der Waals surface area contributed by atoms with Gasteiger partial charge in [-0.05, 0) is 30.3 Å². The van der Waals surface area contributed by atoms with Crippen LogP contribution in [0.1, 0.15) is 20.8 Å². The molecule has 0 radical (unpaired) electrons. The summed E-state index contributed by atoms with van der Waals surface area (Å²) in [5, 5.41) is 0.0808. The third-order valence-corrected chi connectivity index (χ3v) is 9.57. The van der Waals surface area contributed by atoms with Crippen LogP contribution < -0.4 is 0 Å². The average molecular weight is 256 g/mol. The van der Waals surface area contributed by atoms with Crippen molar-refractivity contribution in [2.75, 3.05) is 0 Å². The second-order valence-corrected chi connectivity index (χ2v) is 11.5. The molecule has 1 rings (SSSR count). The highest BCUT2D eigenvalue weighted by Crippen LogP contribution is 2.37. The molecule has 0 aliphatic carbocycles. The van der Waals surface area contributed by atoms with E-state index in [1.807, 2.05) is 30.3 Å². The molecule has 0 saturated carbocycles. The Bertz CT molecular complexity index is 368. The van der Waals surface area contributed by atoms with Crippen LogP contribution in [0.5, 0.6) is 0 Å². The quantitative estimate of drug-likeness (QED) is 0.770. The van der Waals surface area contributed by atoms with Gasteiger partial charge >= 0.3 is 0 Å². The van der Waals surface area contributed by atoms with Crippen molar-refractivity contribution in [1.29, 1.82) is 0 Å². The lowest BCUT2D eigenvalue weighted by atomic mass is 10.2. The molecule has 1 aromatic carbocycles. The zero-order chi connectivity index (χ0) is 12.4. The van der Waals surface area contributed by atoms with Gasteiger partial charge in [0.15, 0.2) is 11.1 Å². The molecule has 1 atom stereocenters. The van der Waals surface area contributed by atoms with Crippen molar-refractivity contribution in [3.63, 3.8) is 0 Å². The molecule has 1 aromatic rings. The first-order valence-electron chi connectivity index (χ1n) is 5.40. The van der Waals surface area contributed by atoms with Gasteiger partial charge in [0.1, 0.15) is 0 Å². The molecule has 0 fully saturated rings. The summed E-state index contributed by atoms with van der Waals surface area (Å²) in [6.07, 6.45) is 0. The zero-order valence-electron chi connectivity index (χ0n) is 10.6. The molecule has 0 saturated heterocycles. The predicted octanol–water partition coefficient (Wildman–Crippen LogP) is 3.73. The lowest BCUT2D eigenvalue weighted by Crippen LogP contribution is -2.41. The fourth-order valence-electron chi connectivity index (χ4n) is 0.894. The van der Waals surface area contributed by atoms with Gasteiger partial charge in [0.2, 0.25) is 8.32 Å². The van der Waals surface area contributed by atoms with E-state index in [4.69, 9.17) is 3.87 Å². The largest absolute Gasteiger partial charge is 0.331 e. The first-order valence-corrected chi connectivity index (χ1v) is 9.39. The van der Waals surface area contributed by atoms with Gasteiger partial charge in [0.25, 0.3) is 0 Å². The Balaban J connectivity index is 2.80. The second kappa shape index (κ2) is 4.81. The van der Waals surface area contributed by atoms with Crippen molar-refractivity contribution in [2.45, 2.75) is 43.8 Å². The molecule has 0 amide bonds. The van der Waals surface area contributed by atoms with Gasteiger partial charge in [-0.25, -0.2) is 4.21 Å². The molecular weight excluding hydrogens is 236 g/mol. The molecule has 0 aliphatic rings. The number of hydrogen-bond donors (Lipinski definition) is 0. The van der Waals surface area contributed by atoms with Crippen LogP contribution in [0, 0.1) is 0 Å². The molecule has 4 heteroatoms. The Morgan fingerprint density at radius 1 is 1.12 bits per heavy atom. The van der Waals surface area contributed by atoms with Crippen LogP contribution in [0.4, 0.5) is 0 Å². The summed E-state index contributed by atoms with van der Waals surface area (Å²) < 4.78 is 17.8. The molecule has 0 N–H and O–H groups in total. The van der Waals surface area contributed by atoms with Crippen LogP contribution in [0.15, 0.2) is 35.2 Å². The lowest BCUT2D eigenvalue weighted by molar-refractivity contribution is 0.509. The normalized spacial score (nSPS) is 14.8. The molecule has 2 nitrogen and oxygen atoms in total. The van der Waals surface area contributed by atoms with Gasteiger partial charge in [-0.3, -0.25) is 0 Å². The Morgan fingerprint density at radius 2 is 1.62 bits per heavy atom. The molecule has 0 spiro atoms. The monoisotopic (exact) mass is 256 g/mol. The molecule has 0 aromatic heterocycles. The summed E-state index contributed by atoms with van der Waals surface area (Å²) in [5.41, 5.74) is 0. The van der Waals surface area contributed by atoms with E-state index in [0.29, 0.717) is 0 Å². The number of hydrogen-bond acceptors (Lipinski definition) is 2. The van der Waals surface area contributed by atoms with Crippen molar-refractivity contribution in [3.05, 3.63) is 30.3 Å². The number of rotatable bonds is 3. The molecule has 0 heterocycles. The third kappa shape index (κ3) is 3.27. The van der Waals surface area contributed by atoms with Crippen molar-refractivity contribution in [3.8, 4) is 0 Å². The van der Waals surface area contributed by atoms with E-state index < -0.39 is 19.4 Å². The molecule has 90 valence electrons. The van der Waals surface area contributed by atoms with Gasteiger partial charge in [-0.15, -0.1) is 0 Å². The Morgan fingerprint density at radius 3 is 2.06 bits per heavy atom. The molecule has 16 heavy (non-hydrogen) atoms. The highest BCUT2D eigenvalue weighted by Gasteiger charge is 2.39. The Labute approximate surface area is 102 Å². The topological polar surface area (TPSA) is 26.3 Å². The second-order valence-electron chi connectivity index (χ2n) is 5.39. The van der Waals surface area contributed by atoms with Crippen LogP contribution in [0.3, 0.4) is 0 Å². The maximum absolute atomic E-state index is 12.0. The summed E-state index contributed by atoms with van der Waals surface area (Å²) in [5.74, 6) is 0. The lowest BCUT2D eigenvalue weighted by Gasteiger charge is -2.34. The van der Waals surface area contributed by atoms with E-state index in [-0.39, 0.29) is 5.04 Å². The summed E-state index contributed by atoms with van der Waals surface area (Å²) in [6.45, 7) is 10.6. The minimum Gasteiger partial charge on any atom is -0.331 e. The molecular formula is C12H20O2SSi. The van der Waals surface area contributed by atoms with E-state index >= 15 is 0 Å². The van der Waals surface area contributed by atoms with Gasteiger partial charge in [-0.1, -0.05) is 39.0 Å². The van der Waals surface area contributed by atoms with Crippen LogP contribution in [0.25, 0.3) is 0 Å². The van der Waals surface area contributed by atoms with E-state index in [1.165, 1.54) is 0 Å². The van der Waals surface area contributed by atoms with Gasteiger partial charge in [0, 0.05) is 0 Å². The van der Waals surface area contributed by atoms with Crippen molar-refractivity contribution in [1.82, 2.24) is 0 Å². The van der Waals surface area contributed by atoms with Crippen LogP contribution in [-0.4, -0.2) is 12.5 Å². The highest BCUT2D eigenvalue weighted by atomic mass is 32.2. The van der Waals surface area contributed by atoms with Crippen molar-refractivity contribution >= 4 is 19.4 Å². The predicted molar refractivity (Wildman–Crippen MR) is 71.1 cm³/mol. The maximum atomic E-state index is 12.0. The van der Waals surface area contributed by atoms with Crippen LogP contribution >= 0.6 is 0 Å². The molecule has 0 bridgehead atoms. The highest BCUT2D eigenvalue weighted by molar-refractivity contribution is 7.81. The maximum Gasteiger partial charge on any atom is 0.214 e. The van der Waals surface area contributed by atoms with E-state index in [1.54, 1.807) is 0 Å². The molecule has 0 aliphatic heterocycles. The summed E-state index contributed by atoms with van der Waals surface area (Å²) in [6, 6.07) is 9.34. The molecule has 1 unspecified atom stereocenters. The Kier molecular flexibility index (Phi) is 4.10.